The lowest BCUT2D eigenvalue weighted by molar-refractivity contribution is -0.143. The van der Waals surface area contributed by atoms with Crippen molar-refractivity contribution >= 4 is 11.9 Å². The van der Waals surface area contributed by atoms with Crippen LogP contribution in [0.1, 0.15) is 438 Å². The Kier molecular flexibility index (Phi) is 69.3. The maximum absolute atomic E-state index is 12.6. The average Bonchev–Trinajstić information content (AvgIpc) is 3.46. The van der Waals surface area contributed by atoms with Gasteiger partial charge in [0.05, 0.1) is 25.4 Å². The zero-order chi connectivity index (χ0) is 57.8. The summed E-state index contributed by atoms with van der Waals surface area (Å²) in [6.45, 7) is 5.01. The van der Waals surface area contributed by atoms with Crippen molar-refractivity contribution in [2.75, 3.05) is 13.2 Å². The van der Waals surface area contributed by atoms with Crippen LogP contribution >= 0.6 is 0 Å². The summed E-state index contributed by atoms with van der Waals surface area (Å²) in [5.74, 6) is -0.00947. The van der Waals surface area contributed by atoms with Gasteiger partial charge in [0.2, 0.25) is 5.91 Å². The third kappa shape index (κ3) is 66.0. The number of hydrogen-bond donors (Lipinski definition) is 3. The Balaban J connectivity index is 3.35. The van der Waals surface area contributed by atoms with Crippen molar-refractivity contribution in [1.29, 1.82) is 0 Å². The largest absolute Gasteiger partial charge is 0.466 e. The first-order valence-corrected chi connectivity index (χ1v) is 37.3. The van der Waals surface area contributed by atoms with E-state index in [1.807, 2.05) is 0 Å². The summed E-state index contributed by atoms with van der Waals surface area (Å²) in [4.78, 5) is 24.7. The fourth-order valence-electron chi connectivity index (χ4n) is 12.2. The molecule has 0 aromatic heterocycles. The Morgan fingerprint density at radius 3 is 0.762 bits per heavy atom. The molecular formula is C74H147NO5. The highest BCUT2D eigenvalue weighted by atomic mass is 16.5. The zero-order valence-electron chi connectivity index (χ0n) is 54.9. The van der Waals surface area contributed by atoms with Crippen LogP contribution in [0.4, 0.5) is 0 Å². The summed E-state index contributed by atoms with van der Waals surface area (Å²) in [5.41, 5.74) is 0. The molecular weight excluding hydrogens is 983 g/mol. The summed E-state index contributed by atoms with van der Waals surface area (Å²) < 4.78 is 5.51. The fraction of sp³-hybridized carbons (Fsp3) is 0.973. The molecule has 0 saturated heterocycles. The second-order valence-electron chi connectivity index (χ2n) is 26.0. The zero-order valence-corrected chi connectivity index (χ0v) is 54.9. The van der Waals surface area contributed by atoms with Crippen LogP contribution in [0.25, 0.3) is 0 Å². The third-order valence-corrected chi connectivity index (χ3v) is 17.9. The molecule has 0 radical (unpaired) electrons. The van der Waals surface area contributed by atoms with Crippen LogP contribution in [-0.2, 0) is 14.3 Å². The Hall–Kier alpha value is -1.14. The quantitative estimate of drug-likeness (QED) is 0.0417. The summed E-state index contributed by atoms with van der Waals surface area (Å²) >= 11 is 0. The van der Waals surface area contributed by atoms with E-state index in [4.69, 9.17) is 4.74 Å². The number of aliphatic hydroxyl groups excluding tert-OH is 2. The third-order valence-electron chi connectivity index (χ3n) is 17.9. The van der Waals surface area contributed by atoms with E-state index in [0.29, 0.717) is 25.9 Å². The molecule has 80 heavy (non-hydrogen) atoms. The topological polar surface area (TPSA) is 95.9 Å². The molecule has 0 aliphatic rings. The summed E-state index contributed by atoms with van der Waals surface area (Å²) in [6.07, 6.45) is 85.9. The van der Waals surface area contributed by atoms with Gasteiger partial charge in [-0.1, -0.05) is 399 Å². The maximum Gasteiger partial charge on any atom is 0.305 e. The van der Waals surface area contributed by atoms with Gasteiger partial charge in [-0.3, -0.25) is 9.59 Å². The molecule has 478 valence electrons. The van der Waals surface area contributed by atoms with Crippen LogP contribution in [0.2, 0.25) is 0 Å². The summed E-state index contributed by atoms with van der Waals surface area (Å²) in [5, 5.41) is 23.5. The molecule has 6 heteroatoms. The molecule has 3 N–H and O–H groups in total. The predicted octanol–water partition coefficient (Wildman–Crippen LogP) is 24.2. The first kappa shape index (κ1) is 78.9. The second-order valence-corrected chi connectivity index (χ2v) is 26.0. The SMILES string of the molecule is CCCCCCCCCCCCCCCCCCCCCCCCCC(O)C(CO)NC(=O)CCCCCCCCCCCCCCCCCCCCCCCCOC(=O)CCCCCCCCCCCCCCCCCCCC. The lowest BCUT2D eigenvalue weighted by Gasteiger charge is -2.22. The minimum absolute atomic E-state index is 0.0195. The number of aliphatic hydroxyl groups is 2. The second kappa shape index (κ2) is 70.3. The fourth-order valence-corrected chi connectivity index (χ4v) is 12.2. The first-order valence-electron chi connectivity index (χ1n) is 37.3. The number of esters is 1. The molecule has 0 bridgehead atoms. The van der Waals surface area contributed by atoms with Crippen molar-refractivity contribution in [1.82, 2.24) is 5.32 Å². The Morgan fingerprint density at radius 1 is 0.300 bits per heavy atom. The summed E-state index contributed by atoms with van der Waals surface area (Å²) in [6, 6.07) is -0.542. The number of carbonyl (C=O) groups excluding carboxylic acids is 2. The molecule has 1 amide bonds. The van der Waals surface area contributed by atoms with Gasteiger partial charge >= 0.3 is 5.97 Å². The molecule has 6 nitrogen and oxygen atoms in total. The number of hydrogen-bond acceptors (Lipinski definition) is 5. The van der Waals surface area contributed by atoms with Crippen LogP contribution in [-0.4, -0.2) is 47.4 Å². The van der Waals surface area contributed by atoms with E-state index in [1.54, 1.807) is 0 Å². The van der Waals surface area contributed by atoms with Crippen molar-refractivity contribution in [3.63, 3.8) is 0 Å². The number of rotatable bonds is 71. The van der Waals surface area contributed by atoms with E-state index in [2.05, 4.69) is 19.2 Å². The van der Waals surface area contributed by atoms with Gasteiger partial charge in [-0.15, -0.1) is 0 Å². The van der Waals surface area contributed by atoms with Crippen molar-refractivity contribution in [3.8, 4) is 0 Å². The predicted molar refractivity (Wildman–Crippen MR) is 352 cm³/mol. The van der Waals surface area contributed by atoms with Crippen LogP contribution in [0.15, 0.2) is 0 Å². The van der Waals surface area contributed by atoms with Gasteiger partial charge < -0.3 is 20.3 Å². The number of nitrogens with one attached hydrogen (secondary N) is 1. The van der Waals surface area contributed by atoms with E-state index in [0.717, 1.165) is 38.5 Å². The van der Waals surface area contributed by atoms with Crippen molar-refractivity contribution in [3.05, 3.63) is 0 Å². The van der Waals surface area contributed by atoms with E-state index in [-0.39, 0.29) is 18.5 Å². The molecule has 0 aliphatic heterocycles. The molecule has 0 rings (SSSR count). The molecule has 0 aromatic carbocycles. The first-order chi connectivity index (χ1) is 39.5. The Bertz CT molecular complexity index is 1160. The smallest absolute Gasteiger partial charge is 0.305 e. The van der Waals surface area contributed by atoms with Gasteiger partial charge in [-0.05, 0) is 25.7 Å². The average molecular weight is 1130 g/mol. The number of unbranched alkanes of at least 4 members (excludes halogenated alkanes) is 60. The van der Waals surface area contributed by atoms with Gasteiger partial charge in [0.1, 0.15) is 0 Å². The van der Waals surface area contributed by atoms with Crippen LogP contribution in [0, 0.1) is 0 Å². The molecule has 2 atom stereocenters. The highest BCUT2D eigenvalue weighted by Crippen LogP contribution is 2.20. The van der Waals surface area contributed by atoms with Gasteiger partial charge in [-0.2, -0.15) is 0 Å². The normalized spacial score (nSPS) is 12.4. The van der Waals surface area contributed by atoms with E-state index >= 15 is 0 Å². The maximum atomic E-state index is 12.6. The van der Waals surface area contributed by atoms with Crippen LogP contribution in [0.5, 0.6) is 0 Å². The molecule has 0 aromatic rings. The number of ether oxygens (including phenoxy) is 1. The number of amides is 1. The van der Waals surface area contributed by atoms with Crippen molar-refractivity contribution in [2.24, 2.45) is 0 Å². The Labute approximate surface area is 502 Å². The van der Waals surface area contributed by atoms with Gasteiger partial charge in [0.15, 0.2) is 0 Å². The lowest BCUT2D eigenvalue weighted by Crippen LogP contribution is -2.45. The molecule has 0 aliphatic carbocycles. The van der Waals surface area contributed by atoms with Gasteiger partial charge in [-0.25, -0.2) is 0 Å². The van der Waals surface area contributed by atoms with Crippen LogP contribution in [0.3, 0.4) is 0 Å². The number of carbonyl (C=O) groups is 2. The molecule has 2 unspecified atom stereocenters. The lowest BCUT2D eigenvalue weighted by atomic mass is 10.0. The monoisotopic (exact) mass is 1130 g/mol. The summed E-state index contributed by atoms with van der Waals surface area (Å²) in [7, 11) is 0. The minimum Gasteiger partial charge on any atom is -0.466 e. The van der Waals surface area contributed by atoms with Gasteiger partial charge in [0.25, 0.3) is 0 Å². The van der Waals surface area contributed by atoms with E-state index in [9.17, 15) is 19.8 Å². The minimum atomic E-state index is -0.665. The highest BCUT2D eigenvalue weighted by molar-refractivity contribution is 5.76. The molecule has 0 heterocycles. The molecule has 0 spiro atoms. The van der Waals surface area contributed by atoms with Gasteiger partial charge in [0, 0.05) is 12.8 Å². The molecule has 0 saturated carbocycles. The molecule has 0 fully saturated rings. The van der Waals surface area contributed by atoms with Crippen molar-refractivity contribution in [2.45, 2.75) is 450 Å². The Morgan fingerprint density at radius 2 is 0.512 bits per heavy atom. The van der Waals surface area contributed by atoms with Crippen molar-refractivity contribution < 1.29 is 24.5 Å². The standard InChI is InChI=1S/C74H147NO5/c1-3-5-7-9-11-13-15-17-19-21-23-24-25-28-31-34-38-42-46-50-54-58-62-66-72(77)71(70-76)75-73(78)67-63-59-55-51-47-43-39-35-32-29-26-27-30-33-37-41-45-49-53-57-61-65-69-80-74(79)68-64-60-56-52-48-44-40-36-22-20-18-16-14-12-10-8-6-4-2/h71-72,76-77H,3-70H2,1-2H3,(H,75,78). The van der Waals surface area contributed by atoms with Crippen LogP contribution < -0.4 is 5.32 Å². The highest BCUT2D eigenvalue weighted by Gasteiger charge is 2.20. The van der Waals surface area contributed by atoms with E-state index < -0.39 is 12.1 Å². The van der Waals surface area contributed by atoms with E-state index in [1.165, 1.54) is 366 Å².